The van der Waals surface area contributed by atoms with Crippen LogP contribution in [-0.4, -0.2) is 10.7 Å². The molecular formula is C17H28O. The molecule has 0 radical (unpaired) electrons. The first kappa shape index (κ1) is 15.2. The molecule has 0 fully saturated rings. The van der Waals surface area contributed by atoms with Gasteiger partial charge in [-0.15, -0.1) is 0 Å². The average Bonchev–Trinajstić information content (AvgIpc) is 2.24. The van der Waals surface area contributed by atoms with Gasteiger partial charge >= 0.3 is 0 Å². The van der Waals surface area contributed by atoms with Crippen LogP contribution in [0.15, 0.2) is 18.2 Å². The van der Waals surface area contributed by atoms with E-state index < -0.39 is 5.60 Å². The Morgan fingerprint density at radius 1 is 1.17 bits per heavy atom. The van der Waals surface area contributed by atoms with E-state index in [9.17, 15) is 5.11 Å². The third kappa shape index (κ3) is 5.22. The van der Waals surface area contributed by atoms with Gasteiger partial charge in [-0.3, -0.25) is 0 Å². The van der Waals surface area contributed by atoms with E-state index in [1.54, 1.807) is 0 Å². The lowest BCUT2D eigenvalue weighted by atomic mass is 9.94. The fourth-order valence-corrected chi connectivity index (χ4v) is 2.19. The summed E-state index contributed by atoms with van der Waals surface area (Å²) in [5, 5.41) is 9.69. The predicted octanol–water partition coefficient (Wildman–Crippen LogP) is 4.60. The summed E-state index contributed by atoms with van der Waals surface area (Å²) in [6, 6.07) is 6.82. The highest BCUT2D eigenvalue weighted by molar-refractivity contribution is 5.32. The van der Waals surface area contributed by atoms with Crippen LogP contribution in [0.3, 0.4) is 0 Å². The van der Waals surface area contributed by atoms with Crippen molar-refractivity contribution in [1.29, 1.82) is 0 Å². The van der Waals surface area contributed by atoms with Crippen molar-refractivity contribution in [3.05, 3.63) is 34.9 Å². The molecule has 0 bridgehead atoms. The highest BCUT2D eigenvalue weighted by Crippen LogP contribution is 2.21. The van der Waals surface area contributed by atoms with Crippen LogP contribution in [0.25, 0.3) is 0 Å². The molecule has 0 heterocycles. The molecule has 1 nitrogen and oxygen atoms in total. The van der Waals surface area contributed by atoms with Crippen molar-refractivity contribution in [2.75, 3.05) is 0 Å². The van der Waals surface area contributed by atoms with Gasteiger partial charge in [0.15, 0.2) is 0 Å². The molecule has 0 aliphatic carbocycles. The molecule has 0 unspecified atom stereocenters. The Kier molecular flexibility index (Phi) is 5.40. The number of benzene rings is 1. The fraction of sp³-hybridized carbons (Fsp3) is 0.647. The van der Waals surface area contributed by atoms with E-state index in [1.165, 1.54) is 16.7 Å². The van der Waals surface area contributed by atoms with Crippen molar-refractivity contribution in [2.45, 2.75) is 71.8 Å². The zero-order valence-electron chi connectivity index (χ0n) is 12.6. The van der Waals surface area contributed by atoms with E-state index in [2.05, 4.69) is 39.0 Å². The van der Waals surface area contributed by atoms with E-state index >= 15 is 0 Å². The molecule has 1 N–H and O–H groups in total. The van der Waals surface area contributed by atoms with Crippen LogP contribution < -0.4 is 0 Å². The molecule has 0 aliphatic rings. The van der Waals surface area contributed by atoms with E-state index in [-0.39, 0.29) is 0 Å². The molecule has 0 saturated carbocycles. The Morgan fingerprint density at radius 2 is 1.83 bits per heavy atom. The van der Waals surface area contributed by atoms with Gasteiger partial charge in [-0.1, -0.05) is 38.5 Å². The van der Waals surface area contributed by atoms with Crippen LogP contribution in [0, 0.1) is 6.92 Å². The lowest BCUT2D eigenvalue weighted by Gasteiger charge is -2.17. The number of hydrogen-bond donors (Lipinski definition) is 1. The lowest BCUT2D eigenvalue weighted by molar-refractivity contribution is 0.0682. The molecule has 1 heteroatoms. The average molecular weight is 248 g/mol. The molecule has 0 amide bonds. The minimum Gasteiger partial charge on any atom is -0.390 e. The topological polar surface area (TPSA) is 20.2 Å². The van der Waals surface area contributed by atoms with Gasteiger partial charge in [-0.25, -0.2) is 0 Å². The predicted molar refractivity (Wildman–Crippen MR) is 79.1 cm³/mol. The van der Waals surface area contributed by atoms with Gasteiger partial charge in [-0.2, -0.15) is 0 Å². The van der Waals surface area contributed by atoms with Crippen LogP contribution in [0.1, 0.15) is 69.6 Å². The minimum absolute atomic E-state index is 0.519. The van der Waals surface area contributed by atoms with Gasteiger partial charge in [0.05, 0.1) is 5.60 Å². The normalized spacial score (nSPS) is 12.2. The second-order valence-electron chi connectivity index (χ2n) is 6.36. The van der Waals surface area contributed by atoms with E-state index in [1.807, 2.05) is 13.8 Å². The molecule has 1 aromatic rings. The van der Waals surface area contributed by atoms with Gasteiger partial charge in [0.2, 0.25) is 0 Å². The van der Waals surface area contributed by atoms with E-state index in [0.29, 0.717) is 5.92 Å². The molecular weight excluding hydrogens is 220 g/mol. The Hall–Kier alpha value is -0.820. The van der Waals surface area contributed by atoms with Crippen molar-refractivity contribution in [3.63, 3.8) is 0 Å². The highest BCUT2D eigenvalue weighted by atomic mass is 16.3. The summed E-state index contributed by atoms with van der Waals surface area (Å²) in [7, 11) is 0. The van der Waals surface area contributed by atoms with E-state index in [4.69, 9.17) is 0 Å². The molecule has 0 spiro atoms. The number of aliphatic hydroxyl groups is 1. The Balaban J connectivity index is 2.54. The molecule has 0 aromatic heterocycles. The van der Waals surface area contributed by atoms with Gasteiger partial charge < -0.3 is 5.11 Å². The first-order valence-electron chi connectivity index (χ1n) is 7.11. The van der Waals surface area contributed by atoms with Crippen molar-refractivity contribution < 1.29 is 5.11 Å². The third-order valence-corrected chi connectivity index (χ3v) is 3.52. The highest BCUT2D eigenvalue weighted by Gasteiger charge is 2.11. The quantitative estimate of drug-likeness (QED) is 0.729. The van der Waals surface area contributed by atoms with Crippen LogP contribution >= 0.6 is 0 Å². The summed E-state index contributed by atoms with van der Waals surface area (Å²) >= 11 is 0. The first-order valence-corrected chi connectivity index (χ1v) is 7.11. The second kappa shape index (κ2) is 6.38. The molecule has 0 saturated heterocycles. The zero-order chi connectivity index (χ0) is 13.8. The second-order valence-corrected chi connectivity index (χ2v) is 6.36. The van der Waals surface area contributed by atoms with Crippen LogP contribution in [0.5, 0.6) is 0 Å². The lowest BCUT2D eigenvalue weighted by Crippen LogP contribution is -2.17. The standard InChI is InChI=1S/C17H28O/c1-13(2)15-10-9-14(3)16(12-15)8-6-7-11-17(4,5)18/h9-10,12-13,18H,6-8,11H2,1-5H3. The van der Waals surface area contributed by atoms with Gasteiger partial charge in [0.1, 0.15) is 0 Å². The first-order chi connectivity index (χ1) is 8.29. The number of unbranched alkanes of at least 4 members (excludes halogenated alkanes) is 1. The number of rotatable bonds is 6. The summed E-state index contributed by atoms with van der Waals surface area (Å²) in [6.07, 6.45) is 4.26. The van der Waals surface area contributed by atoms with Crippen molar-refractivity contribution in [3.8, 4) is 0 Å². The molecule has 102 valence electrons. The Morgan fingerprint density at radius 3 is 2.39 bits per heavy atom. The van der Waals surface area contributed by atoms with Crippen LogP contribution in [-0.2, 0) is 6.42 Å². The Labute approximate surface area is 112 Å². The maximum absolute atomic E-state index is 9.69. The third-order valence-electron chi connectivity index (χ3n) is 3.52. The molecule has 18 heavy (non-hydrogen) atoms. The van der Waals surface area contributed by atoms with E-state index in [0.717, 1.165) is 25.7 Å². The molecule has 0 atom stereocenters. The van der Waals surface area contributed by atoms with Gasteiger partial charge in [0, 0.05) is 0 Å². The Bertz CT molecular complexity index is 372. The molecule has 1 aromatic carbocycles. The van der Waals surface area contributed by atoms with Crippen LogP contribution in [0.4, 0.5) is 0 Å². The smallest absolute Gasteiger partial charge is 0.0591 e. The zero-order valence-corrected chi connectivity index (χ0v) is 12.6. The number of hydrogen-bond acceptors (Lipinski definition) is 1. The van der Waals surface area contributed by atoms with Gasteiger partial charge in [0.25, 0.3) is 0 Å². The fourth-order valence-electron chi connectivity index (χ4n) is 2.19. The monoisotopic (exact) mass is 248 g/mol. The summed E-state index contributed by atoms with van der Waals surface area (Å²) in [5.74, 6) is 0.598. The number of aryl methyl sites for hydroxylation is 2. The summed E-state index contributed by atoms with van der Waals surface area (Å²) in [4.78, 5) is 0. The van der Waals surface area contributed by atoms with Crippen molar-refractivity contribution >= 4 is 0 Å². The molecule has 1 rings (SSSR count). The summed E-state index contributed by atoms with van der Waals surface area (Å²) in [5.41, 5.74) is 3.77. The SMILES string of the molecule is Cc1ccc(C(C)C)cc1CCCCC(C)(C)O. The largest absolute Gasteiger partial charge is 0.390 e. The van der Waals surface area contributed by atoms with Crippen molar-refractivity contribution in [1.82, 2.24) is 0 Å². The van der Waals surface area contributed by atoms with Gasteiger partial charge in [-0.05, 0) is 62.6 Å². The maximum Gasteiger partial charge on any atom is 0.0591 e. The van der Waals surface area contributed by atoms with Crippen LogP contribution in [0.2, 0.25) is 0 Å². The molecule has 0 aliphatic heterocycles. The summed E-state index contributed by atoms with van der Waals surface area (Å²) in [6.45, 7) is 10.4. The maximum atomic E-state index is 9.69. The minimum atomic E-state index is -0.519. The summed E-state index contributed by atoms with van der Waals surface area (Å²) < 4.78 is 0. The van der Waals surface area contributed by atoms with Crippen molar-refractivity contribution in [2.24, 2.45) is 0 Å².